The summed E-state index contributed by atoms with van der Waals surface area (Å²) < 4.78 is 5.94. The molecule has 0 amide bonds. The predicted octanol–water partition coefficient (Wildman–Crippen LogP) is 7.15. The van der Waals surface area contributed by atoms with Crippen molar-refractivity contribution in [2.75, 3.05) is 0 Å². The van der Waals surface area contributed by atoms with Gasteiger partial charge < -0.3 is 4.74 Å². The minimum absolute atomic E-state index is 0.268. The summed E-state index contributed by atoms with van der Waals surface area (Å²) in [5.41, 5.74) is 6.34. The molecule has 0 aliphatic rings. The van der Waals surface area contributed by atoms with E-state index < -0.39 is 0 Å². The fourth-order valence-corrected chi connectivity index (χ4v) is 3.21. The fourth-order valence-electron chi connectivity index (χ4n) is 3.21. The van der Waals surface area contributed by atoms with Gasteiger partial charge in [0.25, 0.3) is 0 Å². The van der Waals surface area contributed by atoms with Gasteiger partial charge in [-0.25, -0.2) is 0 Å². The van der Waals surface area contributed by atoms with E-state index in [0.717, 1.165) is 25.0 Å². The van der Waals surface area contributed by atoms with Gasteiger partial charge in [-0.15, -0.1) is 0 Å². The molecule has 0 heterocycles. The van der Waals surface area contributed by atoms with E-state index in [1.54, 1.807) is 0 Å². The molecule has 1 unspecified atom stereocenters. The molecule has 0 spiro atoms. The topological polar surface area (TPSA) is 9.23 Å². The number of rotatable bonds is 7. The SMILES string of the molecule is CCCC(C)Oc1ccc(-c2ccc(-c3ccc(CC)cc3)cc2)cc1. The second kappa shape index (κ2) is 8.71. The van der Waals surface area contributed by atoms with Crippen molar-refractivity contribution < 1.29 is 4.74 Å². The van der Waals surface area contributed by atoms with Crippen LogP contribution in [0.2, 0.25) is 0 Å². The Bertz CT molecular complexity index is 798. The van der Waals surface area contributed by atoms with Gasteiger partial charge in [0.2, 0.25) is 0 Å². The molecule has 3 rings (SSSR count). The molecule has 0 bridgehead atoms. The summed E-state index contributed by atoms with van der Waals surface area (Å²) in [4.78, 5) is 0. The van der Waals surface area contributed by atoms with E-state index >= 15 is 0 Å². The summed E-state index contributed by atoms with van der Waals surface area (Å²) in [5, 5.41) is 0. The predicted molar refractivity (Wildman–Crippen MR) is 112 cm³/mol. The van der Waals surface area contributed by atoms with Crippen LogP contribution in [0.15, 0.2) is 72.8 Å². The number of benzene rings is 3. The molecule has 1 heteroatoms. The summed E-state index contributed by atoms with van der Waals surface area (Å²) in [7, 11) is 0. The maximum Gasteiger partial charge on any atom is 0.119 e. The van der Waals surface area contributed by atoms with Crippen molar-refractivity contribution in [3.8, 4) is 28.0 Å². The molecular formula is C25H28O. The summed E-state index contributed by atoms with van der Waals surface area (Å²) in [5.74, 6) is 0.947. The normalized spacial score (nSPS) is 12.0. The lowest BCUT2D eigenvalue weighted by Crippen LogP contribution is -2.10. The van der Waals surface area contributed by atoms with Gasteiger partial charge in [0.05, 0.1) is 6.10 Å². The van der Waals surface area contributed by atoms with Crippen LogP contribution in [0, 0.1) is 0 Å². The van der Waals surface area contributed by atoms with Crippen molar-refractivity contribution in [2.24, 2.45) is 0 Å². The van der Waals surface area contributed by atoms with Crippen LogP contribution in [-0.4, -0.2) is 6.10 Å². The number of ether oxygens (including phenoxy) is 1. The fraction of sp³-hybridized carbons (Fsp3) is 0.280. The molecule has 0 aliphatic carbocycles. The number of aryl methyl sites for hydroxylation is 1. The van der Waals surface area contributed by atoms with Crippen LogP contribution < -0.4 is 4.74 Å². The molecule has 0 aromatic heterocycles. The molecule has 0 aliphatic heterocycles. The largest absolute Gasteiger partial charge is 0.491 e. The Kier molecular flexibility index (Phi) is 6.12. The Morgan fingerprint density at radius 1 is 0.654 bits per heavy atom. The lowest BCUT2D eigenvalue weighted by Gasteiger charge is -2.14. The first-order valence-electron chi connectivity index (χ1n) is 9.66. The smallest absolute Gasteiger partial charge is 0.119 e. The summed E-state index contributed by atoms with van der Waals surface area (Å²) >= 11 is 0. The van der Waals surface area contributed by atoms with Gasteiger partial charge >= 0.3 is 0 Å². The van der Waals surface area contributed by atoms with Gasteiger partial charge in [-0.2, -0.15) is 0 Å². The van der Waals surface area contributed by atoms with E-state index in [2.05, 4.69) is 93.6 Å². The summed E-state index contributed by atoms with van der Waals surface area (Å²) in [6, 6.07) is 26.0. The Morgan fingerprint density at radius 2 is 1.08 bits per heavy atom. The second-order valence-corrected chi connectivity index (χ2v) is 6.87. The monoisotopic (exact) mass is 344 g/mol. The highest BCUT2D eigenvalue weighted by Gasteiger charge is 2.04. The average Bonchev–Trinajstić information content (AvgIpc) is 2.69. The van der Waals surface area contributed by atoms with Crippen LogP contribution in [0.25, 0.3) is 22.3 Å². The standard InChI is InChI=1S/C25H28O/c1-4-6-19(3)26-25-17-15-24(16-18-25)23-13-11-22(12-14-23)21-9-7-20(5-2)8-10-21/h7-19H,4-6H2,1-3H3. The Balaban J connectivity index is 1.71. The molecule has 0 fully saturated rings. The highest BCUT2D eigenvalue weighted by Crippen LogP contribution is 2.27. The van der Waals surface area contributed by atoms with Gasteiger partial charge in [-0.1, -0.05) is 80.9 Å². The van der Waals surface area contributed by atoms with E-state index in [9.17, 15) is 0 Å². The third kappa shape index (κ3) is 4.54. The summed E-state index contributed by atoms with van der Waals surface area (Å²) in [6.45, 7) is 6.50. The summed E-state index contributed by atoms with van der Waals surface area (Å²) in [6.07, 6.45) is 3.58. The van der Waals surface area contributed by atoms with E-state index in [4.69, 9.17) is 4.74 Å². The lowest BCUT2D eigenvalue weighted by atomic mass is 9.99. The van der Waals surface area contributed by atoms with Crippen molar-refractivity contribution >= 4 is 0 Å². The quantitative estimate of drug-likeness (QED) is 0.442. The van der Waals surface area contributed by atoms with E-state index in [1.807, 2.05) is 0 Å². The van der Waals surface area contributed by atoms with Crippen molar-refractivity contribution in [3.05, 3.63) is 78.4 Å². The van der Waals surface area contributed by atoms with Crippen LogP contribution in [0.4, 0.5) is 0 Å². The first-order chi connectivity index (χ1) is 12.7. The van der Waals surface area contributed by atoms with Gasteiger partial charge in [0.1, 0.15) is 5.75 Å². The minimum Gasteiger partial charge on any atom is -0.491 e. The van der Waals surface area contributed by atoms with E-state index in [1.165, 1.54) is 27.8 Å². The zero-order valence-electron chi connectivity index (χ0n) is 16.0. The molecule has 0 saturated heterocycles. The van der Waals surface area contributed by atoms with E-state index in [-0.39, 0.29) is 6.10 Å². The van der Waals surface area contributed by atoms with Crippen LogP contribution in [0.5, 0.6) is 5.75 Å². The van der Waals surface area contributed by atoms with Crippen molar-refractivity contribution in [3.63, 3.8) is 0 Å². The molecule has 0 radical (unpaired) electrons. The molecule has 3 aromatic carbocycles. The Morgan fingerprint density at radius 3 is 1.50 bits per heavy atom. The molecule has 0 N–H and O–H groups in total. The first-order valence-corrected chi connectivity index (χ1v) is 9.66. The molecule has 134 valence electrons. The Hall–Kier alpha value is -2.54. The van der Waals surface area contributed by atoms with Crippen LogP contribution in [-0.2, 0) is 6.42 Å². The zero-order chi connectivity index (χ0) is 18.4. The first kappa shape index (κ1) is 18.3. The van der Waals surface area contributed by atoms with E-state index in [0.29, 0.717) is 0 Å². The molecule has 26 heavy (non-hydrogen) atoms. The van der Waals surface area contributed by atoms with Gasteiger partial charge in [-0.05, 0) is 59.7 Å². The van der Waals surface area contributed by atoms with Gasteiger partial charge in [0, 0.05) is 0 Å². The minimum atomic E-state index is 0.268. The lowest BCUT2D eigenvalue weighted by molar-refractivity contribution is 0.210. The zero-order valence-corrected chi connectivity index (χ0v) is 16.0. The van der Waals surface area contributed by atoms with Crippen LogP contribution in [0.1, 0.15) is 39.2 Å². The van der Waals surface area contributed by atoms with Crippen molar-refractivity contribution in [2.45, 2.75) is 46.1 Å². The van der Waals surface area contributed by atoms with Gasteiger partial charge in [-0.3, -0.25) is 0 Å². The average molecular weight is 344 g/mol. The molecule has 1 nitrogen and oxygen atoms in total. The second-order valence-electron chi connectivity index (χ2n) is 6.87. The third-order valence-corrected chi connectivity index (χ3v) is 4.80. The van der Waals surface area contributed by atoms with Gasteiger partial charge in [0.15, 0.2) is 0 Å². The molecule has 0 saturated carbocycles. The maximum absolute atomic E-state index is 5.94. The number of hydrogen-bond donors (Lipinski definition) is 0. The maximum atomic E-state index is 5.94. The highest BCUT2D eigenvalue weighted by atomic mass is 16.5. The molecule has 1 atom stereocenters. The number of hydrogen-bond acceptors (Lipinski definition) is 1. The molecule has 3 aromatic rings. The van der Waals surface area contributed by atoms with Crippen molar-refractivity contribution in [1.29, 1.82) is 0 Å². The Labute approximate surface area is 157 Å². The van der Waals surface area contributed by atoms with Crippen molar-refractivity contribution in [1.82, 2.24) is 0 Å². The van der Waals surface area contributed by atoms with Crippen LogP contribution >= 0.6 is 0 Å². The molecular weight excluding hydrogens is 316 g/mol. The highest BCUT2D eigenvalue weighted by molar-refractivity contribution is 5.70. The third-order valence-electron chi connectivity index (χ3n) is 4.80. The van der Waals surface area contributed by atoms with Crippen LogP contribution in [0.3, 0.4) is 0 Å².